The zero-order valence-electron chi connectivity index (χ0n) is 16.2. The average molecular weight is 376 g/mol. The van der Waals surface area contributed by atoms with Crippen LogP contribution in [0.25, 0.3) is 0 Å². The molecular weight excluding hydrogens is 342 g/mol. The van der Waals surface area contributed by atoms with Crippen LogP contribution in [0.1, 0.15) is 38.3 Å². The summed E-state index contributed by atoms with van der Waals surface area (Å²) in [6.07, 6.45) is 4.88. The number of aromatic nitrogens is 1. The lowest BCUT2D eigenvalue weighted by molar-refractivity contribution is 0.456. The monoisotopic (exact) mass is 375 g/mol. The van der Waals surface area contributed by atoms with Crippen LogP contribution in [0.3, 0.4) is 0 Å². The van der Waals surface area contributed by atoms with Crippen molar-refractivity contribution >= 4 is 23.5 Å². The number of hydrogen-bond acceptors (Lipinski definition) is 4. The number of nitrogens with zero attached hydrogens (tertiary/aromatic N) is 3. The molecule has 0 amide bonds. The van der Waals surface area contributed by atoms with Crippen molar-refractivity contribution in [1.82, 2.24) is 15.6 Å². The van der Waals surface area contributed by atoms with Gasteiger partial charge in [0.1, 0.15) is 5.82 Å². The Labute approximate surface area is 162 Å². The number of pyridine rings is 1. The lowest BCUT2D eigenvalue weighted by atomic mass is 10.0. The Morgan fingerprint density at radius 3 is 2.69 bits per heavy atom. The number of anilines is 1. The highest BCUT2D eigenvalue weighted by molar-refractivity contribution is 7.99. The number of guanidine groups is 1. The minimum atomic E-state index is 0.496. The van der Waals surface area contributed by atoms with Crippen LogP contribution in [0.15, 0.2) is 23.2 Å². The van der Waals surface area contributed by atoms with Gasteiger partial charge in [-0.3, -0.25) is 4.99 Å². The molecule has 2 aliphatic heterocycles. The van der Waals surface area contributed by atoms with Crippen LogP contribution in [0.5, 0.6) is 0 Å². The first-order valence-electron chi connectivity index (χ1n) is 10.1. The van der Waals surface area contributed by atoms with Crippen LogP contribution in [0.4, 0.5) is 5.82 Å². The summed E-state index contributed by atoms with van der Waals surface area (Å²) in [6, 6.07) is 6.77. The maximum atomic E-state index is 4.88. The second kappa shape index (κ2) is 10.0. The van der Waals surface area contributed by atoms with E-state index in [1.54, 1.807) is 0 Å². The molecule has 3 heterocycles. The van der Waals surface area contributed by atoms with Crippen molar-refractivity contribution in [2.75, 3.05) is 42.6 Å². The molecule has 144 valence electrons. The molecule has 2 N–H and O–H groups in total. The van der Waals surface area contributed by atoms with Crippen molar-refractivity contribution < 1.29 is 0 Å². The molecule has 0 radical (unpaired) electrons. The van der Waals surface area contributed by atoms with Gasteiger partial charge in [-0.25, -0.2) is 4.98 Å². The van der Waals surface area contributed by atoms with Crippen molar-refractivity contribution in [3.05, 3.63) is 23.9 Å². The van der Waals surface area contributed by atoms with Crippen LogP contribution in [-0.4, -0.2) is 54.7 Å². The summed E-state index contributed by atoms with van der Waals surface area (Å²) in [4.78, 5) is 11.9. The highest BCUT2D eigenvalue weighted by Gasteiger charge is 2.21. The highest BCUT2D eigenvalue weighted by Crippen LogP contribution is 2.23. The van der Waals surface area contributed by atoms with Gasteiger partial charge >= 0.3 is 0 Å². The number of rotatable bonds is 5. The van der Waals surface area contributed by atoms with Gasteiger partial charge in [0.25, 0.3) is 0 Å². The smallest absolute Gasteiger partial charge is 0.191 e. The predicted molar refractivity (Wildman–Crippen MR) is 113 cm³/mol. The van der Waals surface area contributed by atoms with E-state index in [2.05, 4.69) is 64.3 Å². The van der Waals surface area contributed by atoms with Gasteiger partial charge in [0.15, 0.2) is 5.96 Å². The van der Waals surface area contributed by atoms with E-state index < -0.39 is 0 Å². The van der Waals surface area contributed by atoms with E-state index in [9.17, 15) is 0 Å². The Bertz CT molecular complexity index is 577. The van der Waals surface area contributed by atoms with E-state index in [4.69, 9.17) is 4.99 Å². The third kappa shape index (κ3) is 5.79. The van der Waals surface area contributed by atoms with Crippen molar-refractivity contribution in [2.24, 2.45) is 10.9 Å². The third-order valence-electron chi connectivity index (χ3n) is 5.23. The van der Waals surface area contributed by atoms with Gasteiger partial charge in [-0.15, -0.1) is 0 Å². The summed E-state index contributed by atoms with van der Waals surface area (Å²) in [5, 5.41) is 7.09. The standard InChI is InChI=1S/C20H33N5S/c1-3-21-20(22-15-17-9-13-26-14-10-17)24-18-7-11-25(12-8-18)19-6-4-5-16(2)23-19/h4-6,17-18H,3,7-15H2,1-2H3,(H2,21,22,24). The van der Waals surface area contributed by atoms with Gasteiger partial charge in [0, 0.05) is 37.9 Å². The van der Waals surface area contributed by atoms with Crippen LogP contribution in [0.2, 0.25) is 0 Å². The number of aliphatic imine (C=N–C) groups is 1. The number of aryl methyl sites for hydroxylation is 1. The molecule has 1 aromatic heterocycles. The predicted octanol–water partition coefficient (Wildman–Crippen LogP) is 3.06. The summed E-state index contributed by atoms with van der Waals surface area (Å²) < 4.78 is 0. The summed E-state index contributed by atoms with van der Waals surface area (Å²) in [7, 11) is 0. The Morgan fingerprint density at radius 1 is 1.23 bits per heavy atom. The van der Waals surface area contributed by atoms with E-state index in [1.165, 1.54) is 24.3 Å². The molecule has 5 nitrogen and oxygen atoms in total. The second-order valence-electron chi connectivity index (χ2n) is 7.32. The molecule has 2 fully saturated rings. The second-order valence-corrected chi connectivity index (χ2v) is 8.54. The van der Waals surface area contributed by atoms with Gasteiger partial charge in [-0.1, -0.05) is 6.07 Å². The minimum Gasteiger partial charge on any atom is -0.357 e. The molecule has 0 bridgehead atoms. The van der Waals surface area contributed by atoms with E-state index >= 15 is 0 Å². The molecule has 0 spiro atoms. The fraction of sp³-hybridized carbons (Fsp3) is 0.700. The van der Waals surface area contributed by atoms with E-state index in [1.807, 2.05) is 0 Å². The topological polar surface area (TPSA) is 52.6 Å². The van der Waals surface area contributed by atoms with Gasteiger partial charge in [-0.2, -0.15) is 11.8 Å². The average Bonchev–Trinajstić information content (AvgIpc) is 2.68. The van der Waals surface area contributed by atoms with Crippen LogP contribution < -0.4 is 15.5 Å². The summed E-state index contributed by atoms with van der Waals surface area (Å²) in [5.41, 5.74) is 1.09. The molecule has 26 heavy (non-hydrogen) atoms. The molecule has 0 saturated carbocycles. The Kier molecular flexibility index (Phi) is 7.47. The van der Waals surface area contributed by atoms with E-state index in [0.29, 0.717) is 6.04 Å². The lowest BCUT2D eigenvalue weighted by Gasteiger charge is -2.34. The number of thioether (sulfide) groups is 1. The number of nitrogens with one attached hydrogen (secondary N) is 2. The summed E-state index contributed by atoms with van der Waals surface area (Å²) in [6.45, 7) is 8.17. The Hall–Kier alpha value is -1.43. The molecule has 2 saturated heterocycles. The van der Waals surface area contributed by atoms with Crippen molar-refractivity contribution in [2.45, 2.75) is 45.6 Å². The van der Waals surface area contributed by atoms with E-state index in [-0.39, 0.29) is 0 Å². The SMILES string of the molecule is CCNC(=NCC1CCSCC1)NC1CCN(c2cccc(C)n2)CC1. The molecule has 6 heteroatoms. The zero-order chi connectivity index (χ0) is 18.2. The first kappa shape index (κ1) is 19.3. The van der Waals surface area contributed by atoms with E-state index in [0.717, 1.165) is 62.4 Å². The minimum absolute atomic E-state index is 0.496. The van der Waals surface area contributed by atoms with Crippen LogP contribution >= 0.6 is 11.8 Å². The van der Waals surface area contributed by atoms with Crippen molar-refractivity contribution in [3.8, 4) is 0 Å². The normalized spacial score (nSPS) is 20.2. The third-order valence-corrected chi connectivity index (χ3v) is 6.27. The molecule has 1 aromatic rings. The van der Waals surface area contributed by atoms with Gasteiger partial charge < -0.3 is 15.5 Å². The fourth-order valence-electron chi connectivity index (χ4n) is 3.62. The molecular formula is C20H33N5S. The number of hydrogen-bond donors (Lipinski definition) is 2. The summed E-state index contributed by atoms with van der Waals surface area (Å²) >= 11 is 2.08. The Morgan fingerprint density at radius 2 is 2.00 bits per heavy atom. The Balaban J connectivity index is 1.49. The molecule has 0 unspecified atom stereocenters. The molecule has 3 rings (SSSR count). The van der Waals surface area contributed by atoms with Gasteiger partial charge in [0.2, 0.25) is 0 Å². The molecule has 0 aromatic carbocycles. The summed E-state index contributed by atoms with van der Waals surface area (Å²) in [5.74, 6) is 5.48. The first-order chi connectivity index (χ1) is 12.7. The van der Waals surface area contributed by atoms with Crippen LogP contribution in [-0.2, 0) is 0 Å². The maximum Gasteiger partial charge on any atom is 0.191 e. The van der Waals surface area contributed by atoms with Gasteiger partial charge in [0.05, 0.1) is 0 Å². The van der Waals surface area contributed by atoms with Crippen molar-refractivity contribution in [3.63, 3.8) is 0 Å². The number of piperidine rings is 1. The molecule has 0 aliphatic carbocycles. The quantitative estimate of drug-likeness (QED) is 0.612. The zero-order valence-corrected chi connectivity index (χ0v) is 17.0. The first-order valence-corrected chi connectivity index (χ1v) is 11.2. The molecule has 0 atom stereocenters. The molecule has 2 aliphatic rings. The maximum absolute atomic E-state index is 4.88. The van der Waals surface area contributed by atoms with Crippen LogP contribution in [0, 0.1) is 12.8 Å². The largest absolute Gasteiger partial charge is 0.357 e. The van der Waals surface area contributed by atoms with Crippen molar-refractivity contribution in [1.29, 1.82) is 0 Å². The fourth-order valence-corrected chi connectivity index (χ4v) is 4.82. The highest BCUT2D eigenvalue weighted by atomic mass is 32.2. The van der Waals surface area contributed by atoms with Gasteiger partial charge in [-0.05, 0) is 69.1 Å². The lowest BCUT2D eigenvalue weighted by Crippen LogP contribution is -2.49.